The van der Waals surface area contributed by atoms with Gasteiger partial charge in [-0.3, -0.25) is 0 Å². The topological polar surface area (TPSA) is 64.9 Å². The summed E-state index contributed by atoms with van der Waals surface area (Å²) < 4.78 is 4.84. The number of aromatic nitrogens is 2. The Morgan fingerprint density at radius 3 is 2.53 bits per heavy atom. The molecule has 0 radical (unpaired) electrons. The highest BCUT2D eigenvalue weighted by molar-refractivity contribution is 5.67. The fraction of sp³-hybridized carbons (Fsp3) is 0.0909. The van der Waals surface area contributed by atoms with Crippen LogP contribution in [0.15, 0.2) is 28.8 Å². The lowest BCUT2D eigenvalue weighted by Crippen LogP contribution is -1.82. The zero-order valence-corrected chi connectivity index (χ0v) is 8.34. The summed E-state index contributed by atoms with van der Waals surface area (Å²) in [4.78, 5) is 4.05. The average Bonchev–Trinajstić information content (AvgIpc) is 2.64. The number of aryl methyl sites for hydroxylation is 1. The number of hydrogen-bond acceptors (Lipinski definition) is 4. The molecule has 0 amide bonds. The van der Waals surface area contributed by atoms with Crippen LogP contribution in [0.25, 0.3) is 12.2 Å². The van der Waals surface area contributed by atoms with Crippen molar-refractivity contribution in [2.24, 2.45) is 0 Å². The van der Waals surface area contributed by atoms with Gasteiger partial charge < -0.3 is 10.3 Å². The van der Waals surface area contributed by atoms with Crippen molar-refractivity contribution in [3.63, 3.8) is 0 Å². The largest absolute Gasteiger partial charge is 0.399 e. The van der Waals surface area contributed by atoms with Crippen LogP contribution in [-0.2, 0) is 0 Å². The fourth-order valence-electron chi connectivity index (χ4n) is 1.16. The molecular weight excluding hydrogens is 190 g/mol. The van der Waals surface area contributed by atoms with E-state index in [4.69, 9.17) is 10.3 Å². The average molecular weight is 201 g/mol. The van der Waals surface area contributed by atoms with Crippen LogP contribution in [0.3, 0.4) is 0 Å². The maximum atomic E-state index is 5.57. The summed E-state index contributed by atoms with van der Waals surface area (Å²) in [6, 6.07) is 7.56. The molecular formula is C11H11N3O. The van der Waals surface area contributed by atoms with E-state index in [1.807, 2.05) is 30.3 Å². The molecule has 2 N–H and O–H groups in total. The van der Waals surface area contributed by atoms with Crippen molar-refractivity contribution >= 4 is 17.8 Å². The van der Waals surface area contributed by atoms with Crippen molar-refractivity contribution in [1.82, 2.24) is 10.1 Å². The SMILES string of the molecule is Cc1nc(C=Cc2ccc(N)cc2)no1. The molecule has 0 aliphatic rings. The van der Waals surface area contributed by atoms with E-state index < -0.39 is 0 Å². The number of nitrogens with zero attached hydrogens (tertiary/aromatic N) is 2. The standard InChI is InChI=1S/C11H11N3O/c1-8-13-11(14-15-8)7-4-9-2-5-10(12)6-3-9/h2-7H,12H2,1H3. The number of nitrogen functional groups attached to an aromatic ring is 1. The molecule has 0 bridgehead atoms. The second-order valence-electron chi connectivity index (χ2n) is 3.17. The quantitative estimate of drug-likeness (QED) is 0.756. The molecule has 0 spiro atoms. The highest BCUT2D eigenvalue weighted by Gasteiger charge is 1.96. The molecule has 0 aliphatic heterocycles. The fourth-order valence-corrected chi connectivity index (χ4v) is 1.16. The lowest BCUT2D eigenvalue weighted by atomic mass is 10.2. The van der Waals surface area contributed by atoms with Gasteiger partial charge in [0.25, 0.3) is 0 Å². The maximum Gasteiger partial charge on any atom is 0.223 e. The Morgan fingerprint density at radius 1 is 1.20 bits per heavy atom. The van der Waals surface area contributed by atoms with Gasteiger partial charge in [0.05, 0.1) is 0 Å². The van der Waals surface area contributed by atoms with Crippen LogP contribution >= 0.6 is 0 Å². The summed E-state index contributed by atoms with van der Waals surface area (Å²) in [7, 11) is 0. The van der Waals surface area contributed by atoms with Crippen molar-refractivity contribution in [3.8, 4) is 0 Å². The molecule has 1 aromatic carbocycles. The molecule has 4 heteroatoms. The van der Waals surface area contributed by atoms with Gasteiger partial charge in [-0.2, -0.15) is 4.98 Å². The molecule has 2 rings (SSSR count). The maximum absolute atomic E-state index is 5.57. The van der Waals surface area contributed by atoms with Gasteiger partial charge in [-0.25, -0.2) is 0 Å². The van der Waals surface area contributed by atoms with Gasteiger partial charge in [0, 0.05) is 12.6 Å². The van der Waals surface area contributed by atoms with Crippen LogP contribution in [-0.4, -0.2) is 10.1 Å². The van der Waals surface area contributed by atoms with E-state index in [9.17, 15) is 0 Å². The summed E-state index contributed by atoms with van der Waals surface area (Å²) >= 11 is 0. The molecule has 2 aromatic rings. The third-order valence-corrected chi connectivity index (χ3v) is 1.90. The zero-order valence-electron chi connectivity index (χ0n) is 8.34. The van der Waals surface area contributed by atoms with E-state index in [1.165, 1.54) is 0 Å². The van der Waals surface area contributed by atoms with Gasteiger partial charge in [0.15, 0.2) is 5.82 Å². The Bertz CT molecular complexity index is 471. The highest BCUT2D eigenvalue weighted by atomic mass is 16.5. The monoisotopic (exact) mass is 201 g/mol. The van der Waals surface area contributed by atoms with E-state index in [0.717, 1.165) is 11.3 Å². The molecule has 0 saturated carbocycles. The molecule has 1 aromatic heterocycles. The number of hydrogen-bond donors (Lipinski definition) is 1. The minimum Gasteiger partial charge on any atom is -0.399 e. The van der Waals surface area contributed by atoms with Crippen LogP contribution in [0.2, 0.25) is 0 Å². The summed E-state index contributed by atoms with van der Waals surface area (Å²) in [5.41, 5.74) is 7.37. The Kier molecular flexibility index (Phi) is 2.49. The summed E-state index contributed by atoms with van der Waals surface area (Å²) in [6.45, 7) is 1.76. The van der Waals surface area contributed by atoms with Crippen LogP contribution in [0.4, 0.5) is 5.69 Å². The van der Waals surface area contributed by atoms with Crippen LogP contribution in [0.1, 0.15) is 17.3 Å². The first-order chi connectivity index (χ1) is 7.24. The molecule has 4 nitrogen and oxygen atoms in total. The van der Waals surface area contributed by atoms with Crippen molar-refractivity contribution in [1.29, 1.82) is 0 Å². The van der Waals surface area contributed by atoms with E-state index in [-0.39, 0.29) is 0 Å². The smallest absolute Gasteiger partial charge is 0.223 e. The molecule has 76 valence electrons. The van der Waals surface area contributed by atoms with Gasteiger partial charge in [-0.1, -0.05) is 23.4 Å². The minimum absolute atomic E-state index is 0.562. The van der Waals surface area contributed by atoms with Gasteiger partial charge in [0.2, 0.25) is 5.89 Å². The van der Waals surface area contributed by atoms with Crippen molar-refractivity contribution in [3.05, 3.63) is 41.5 Å². The lowest BCUT2D eigenvalue weighted by molar-refractivity contribution is 0.391. The molecule has 1 heterocycles. The van der Waals surface area contributed by atoms with Crippen molar-refractivity contribution in [2.75, 3.05) is 5.73 Å². The van der Waals surface area contributed by atoms with E-state index in [2.05, 4.69) is 10.1 Å². The van der Waals surface area contributed by atoms with Gasteiger partial charge in [-0.05, 0) is 23.8 Å². The lowest BCUT2D eigenvalue weighted by Gasteiger charge is -1.93. The second kappa shape index (κ2) is 3.96. The number of anilines is 1. The summed E-state index contributed by atoms with van der Waals surface area (Å²) in [6.07, 6.45) is 3.70. The predicted molar refractivity (Wildman–Crippen MR) is 58.8 cm³/mol. The Labute approximate surface area is 87.4 Å². The Balaban J connectivity index is 2.14. The molecule has 0 saturated heterocycles. The van der Waals surface area contributed by atoms with Crippen molar-refractivity contribution < 1.29 is 4.52 Å². The molecule has 0 atom stereocenters. The predicted octanol–water partition coefficient (Wildman–Crippen LogP) is 2.13. The first-order valence-electron chi connectivity index (χ1n) is 4.58. The first kappa shape index (κ1) is 9.45. The van der Waals surface area contributed by atoms with Crippen LogP contribution < -0.4 is 5.73 Å². The summed E-state index contributed by atoms with van der Waals surface area (Å²) in [5.74, 6) is 1.14. The van der Waals surface area contributed by atoms with Crippen LogP contribution in [0, 0.1) is 6.92 Å². The van der Waals surface area contributed by atoms with Crippen molar-refractivity contribution in [2.45, 2.75) is 6.92 Å². The third-order valence-electron chi connectivity index (χ3n) is 1.90. The van der Waals surface area contributed by atoms with Gasteiger partial charge in [0.1, 0.15) is 0 Å². The third kappa shape index (κ3) is 2.43. The van der Waals surface area contributed by atoms with Crippen LogP contribution in [0.5, 0.6) is 0 Å². The number of rotatable bonds is 2. The second-order valence-corrected chi connectivity index (χ2v) is 3.17. The molecule has 0 unspecified atom stereocenters. The Morgan fingerprint density at radius 2 is 1.93 bits per heavy atom. The highest BCUT2D eigenvalue weighted by Crippen LogP contribution is 2.08. The minimum atomic E-state index is 0.562. The Hall–Kier alpha value is -2.10. The van der Waals surface area contributed by atoms with Gasteiger partial charge >= 0.3 is 0 Å². The molecule has 0 fully saturated rings. The normalized spacial score (nSPS) is 11.0. The molecule has 0 aliphatic carbocycles. The zero-order chi connectivity index (χ0) is 10.7. The first-order valence-corrected chi connectivity index (χ1v) is 4.58. The van der Waals surface area contributed by atoms with E-state index in [1.54, 1.807) is 13.0 Å². The van der Waals surface area contributed by atoms with E-state index >= 15 is 0 Å². The molecule has 15 heavy (non-hydrogen) atoms. The number of benzene rings is 1. The van der Waals surface area contributed by atoms with Gasteiger partial charge in [-0.15, -0.1) is 0 Å². The number of nitrogens with two attached hydrogens (primary N) is 1. The van der Waals surface area contributed by atoms with E-state index in [0.29, 0.717) is 11.7 Å². The summed E-state index contributed by atoms with van der Waals surface area (Å²) in [5, 5.41) is 3.75.